The number of urea groups is 1. The summed E-state index contributed by atoms with van der Waals surface area (Å²) in [5.41, 5.74) is 1.36. The zero-order valence-electron chi connectivity index (χ0n) is 12.6. The third kappa shape index (κ3) is 4.03. The number of anilines is 1. The van der Waals surface area contributed by atoms with Gasteiger partial charge >= 0.3 is 6.03 Å². The lowest BCUT2D eigenvalue weighted by Gasteiger charge is -2.18. The molecule has 2 aromatic rings. The van der Waals surface area contributed by atoms with Crippen LogP contribution in [0.25, 0.3) is 5.69 Å². The minimum atomic E-state index is -0.279. The van der Waals surface area contributed by atoms with Gasteiger partial charge in [0.05, 0.1) is 10.7 Å². The average molecular weight is 335 g/mol. The standard InChI is InChI=1S/C16H19ClN4O2/c17-13-10-12(4-5-15(13)21-8-1-7-18-21)19-16(23)20-14(6-9-22)11-2-3-11/h1,4-5,7-8,10-11,14,22H,2-3,6,9H2,(H2,19,20,23). The van der Waals surface area contributed by atoms with Crippen LogP contribution >= 0.6 is 11.6 Å². The maximum atomic E-state index is 12.1. The van der Waals surface area contributed by atoms with E-state index in [1.807, 2.05) is 6.07 Å². The van der Waals surface area contributed by atoms with Crippen LogP contribution in [-0.2, 0) is 0 Å². The fourth-order valence-corrected chi connectivity index (χ4v) is 2.85. The van der Waals surface area contributed by atoms with Gasteiger partial charge in [0.25, 0.3) is 0 Å². The summed E-state index contributed by atoms with van der Waals surface area (Å²) in [6.07, 6.45) is 6.27. The first-order valence-electron chi connectivity index (χ1n) is 7.65. The largest absolute Gasteiger partial charge is 0.396 e. The zero-order chi connectivity index (χ0) is 16.2. The first-order chi connectivity index (χ1) is 11.2. The van der Waals surface area contributed by atoms with E-state index >= 15 is 0 Å². The summed E-state index contributed by atoms with van der Waals surface area (Å²) in [6.45, 7) is 0.0752. The van der Waals surface area contributed by atoms with Crippen molar-refractivity contribution in [3.8, 4) is 5.69 Å². The van der Waals surface area contributed by atoms with Gasteiger partial charge in [-0.2, -0.15) is 5.10 Å². The Morgan fingerprint density at radius 3 is 2.91 bits per heavy atom. The van der Waals surface area contributed by atoms with Gasteiger partial charge in [0.1, 0.15) is 0 Å². The number of carbonyl (C=O) groups is 1. The number of aliphatic hydroxyl groups excluding tert-OH is 1. The van der Waals surface area contributed by atoms with Crippen LogP contribution in [0, 0.1) is 5.92 Å². The molecule has 1 atom stereocenters. The van der Waals surface area contributed by atoms with Crippen LogP contribution in [0.15, 0.2) is 36.7 Å². The normalized spacial score (nSPS) is 15.2. The van der Waals surface area contributed by atoms with Crippen LogP contribution in [0.3, 0.4) is 0 Å². The lowest BCUT2D eigenvalue weighted by atomic mass is 10.1. The highest BCUT2D eigenvalue weighted by molar-refractivity contribution is 6.32. The molecule has 1 aliphatic carbocycles. The predicted molar refractivity (Wildman–Crippen MR) is 88.9 cm³/mol. The minimum absolute atomic E-state index is 0.0267. The quantitative estimate of drug-likeness (QED) is 0.760. The second-order valence-electron chi connectivity index (χ2n) is 5.67. The van der Waals surface area contributed by atoms with Crippen LogP contribution in [0.5, 0.6) is 0 Å². The van der Waals surface area contributed by atoms with Crippen LogP contribution < -0.4 is 10.6 Å². The summed E-state index contributed by atoms with van der Waals surface area (Å²) >= 11 is 6.25. The number of halogens is 1. The average Bonchev–Trinajstić information content (AvgIpc) is 3.23. The number of aliphatic hydroxyl groups is 1. The Kier molecular flexibility index (Phi) is 4.83. The molecule has 0 bridgehead atoms. The van der Waals surface area contributed by atoms with E-state index in [-0.39, 0.29) is 18.7 Å². The molecule has 0 saturated heterocycles. The van der Waals surface area contributed by atoms with Gasteiger partial charge in [0, 0.05) is 30.7 Å². The number of benzene rings is 1. The lowest BCUT2D eigenvalue weighted by Crippen LogP contribution is -2.39. The molecule has 1 heterocycles. The monoisotopic (exact) mass is 334 g/mol. The first-order valence-corrected chi connectivity index (χ1v) is 8.03. The van der Waals surface area contributed by atoms with Crippen molar-refractivity contribution >= 4 is 23.3 Å². The maximum Gasteiger partial charge on any atom is 0.319 e. The molecule has 3 N–H and O–H groups in total. The Hall–Kier alpha value is -2.05. The molecule has 7 heteroatoms. The highest BCUT2D eigenvalue weighted by Gasteiger charge is 2.31. The molecule has 23 heavy (non-hydrogen) atoms. The summed E-state index contributed by atoms with van der Waals surface area (Å²) in [4.78, 5) is 12.1. The predicted octanol–water partition coefficient (Wildman–Crippen LogP) is 2.81. The molecule has 0 radical (unpaired) electrons. The molecule has 3 rings (SSSR count). The maximum absolute atomic E-state index is 12.1. The Morgan fingerprint density at radius 1 is 1.48 bits per heavy atom. The summed E-state index contributed by atoms with van der Waals surface area (Å²) in [5, 5.41) is 19.4. The molecule has 6 nitrogen and oxygen atoms in total. The number of nitrogens with one attached hydrogen (secondary N) is 2. The van der Waals surface area contributed by atoms with E-state index in [1.54, 1.807) is 35.3 Å². The van der Waals surface area contributed by atoms with Crippen LogP contribution in [0.4, 0.5) is 10.5 Å². The topological polar surface area (TPSA) is 79.2 Å². The third-order valence-corrected chi connectivity index (χ3v) is 4.21. The van der Waals surface area contributed by atoms with Crippen LogP contribution in [0.2, 0.25) is 5.02 Å². The number of aromatic nitrogens is 2. The smallest absolute Gasteiger partial charge is 0.319 e. The van der Waals surface area contributed by atoms with Crippen molar-refractivity contribution in [1.82, 2.24) is 15.1 Å². The van der Waals surface area contributed by atoms with Gasteiger partial charge in [-0.15, -0.1) is 0 Å². The van der Waals surface area contributed by atoms with Gasteiger partial charge in [0.2, 0.25) is 0 Å². The van der Waals surface area contributed by atoms with Crippen molar-refractivity contribution in [3.63, 3.8) is 0 Å². The molecule has 1 fully saturated rings. The fourth-order valence-electron chi connectivity index (χ4n) is 2.58. The number of hydrogen-bond donors (Lipinski definition) is 3. The van der Waals surface area contributed by atoms with E-state index < -0.39 is 0 Å². The van der Waals surface area contributed by atoms with Gasteiger partial charge in [-0.05, 0) is 49.4 Å². The first kappa shape index (κ1) is 15.8. The number of rotatable bonds is 6. The second-order valence-corrected chi connectivity index (χ2v) is 6.08. The SMILES string of the molecule is O=C(Nc1ccc(-n2cccn2)c(Cl)c1)NC(CCO)C1CC1. The number of carbonyl (C=O) groups excluding carboxylic acids is 1. The molecule has 1 aliphatic rings. The Bertz CT molecular complexity index is 671. The van der Waals surface area contributed by atoms with Crippen LogP contribution in [-0.4, -0.2) is 33.6 Å². The third-order valence-electron chi connectivity index (χ3n) is 3.90. The summed E-state index contributed by atoms with van der Waals surface area (Å²) in [5.74, 6) is 0.485. The zero-order valence-corrected chi connectivity index (χ0v) is 13.3. The molecule has 1 aromatic heterocycles. The Labute approximate surface area is 139 Å². The van der Waals surface area contributed by atoms with E-state index in [9.17, 15) is 4.79 Å². The molecule has 1 saturated carbocycles. The molecule has 0 aliphatic heterocycles. The number of nitrogens with zero attached hydrogens (tertiary/aromatic N) is 2. The van der Waals surface area contributed by atoms with E-state index in [2.05, 4.69) is 15.7 Å². The van der Waals surface area contributed by atoms with Crippen molar-refractivity contribution in [2.45, 2.75) is 25.3 Å². The Morgan fingerprint density at radius 2 is 2.30 bits per heavy atom. The second kappa shape index (κ2) is 7.02. The fraction of sp³-hybridized carbons (Fsp3) is 0.375. The van der Waals surface area contributed by atoms with E-state index in [1.165, 1.54) is 0 Å². The number of hydrogen-bond acceptors (Lipinski definition) is 3. The Balaban J connectivity index is 1.63. The van der Waals surface area contributed by atoms with E-state index in [0.29, 0.717) is 23.0 Å². The summed E-state index contributed by atoms with van der Waals surface area (Å²) in [7, 11) is 0. The van der Waals surface area contributed by atoms with E-state index in [0.717, 1.165) is 18.5 Å². The van der Waals surface area contributed by atoms with Crippen LogP contribution in [0.1, 0.15) is 19.3 Å². The molecule has 122 valence electrons. The molecule has 1 unspecified atom stereocenters. The number of amides is 2. The molecule has 2 amide bonds. The summed E-state index contributed by atoms with van der Waals surface area (Å²) < 4.78 is 1.66. The highest BCUT2D eigenvalue weighted by Crippen LogP contribution is 2.34. The molecule has 1 aromatic carbocycles. The van der Waals surface area contributed by atoms with Crippen molar-refractivity contribution in [2.75, 3.05) is 11.9 Å². The van der Waals surface area contributed by atoms with Gasteiger partial charge in [0.15, 0.2) is 0 Å². The molecule has 0 spiro atoms. The van der Waals surface area contributed by atoms with Gasteiger partial charge in [-0.3, -0.25) is 0 Å². The molecular weight excluding hydrogens is 316 g/mol. The summed E-state index contributed by atoms with van der Waals surface area (Å²) in [6, 6.07) is 6.83. The van der Waals surface area contributed by atoms with Crippen molar-refractivity contribution in [1.29, 1.82) is 0 Å². The minimum Gasteiger partial charge on any atom is -0.396 e. The highest BCUT2D eigenvalue weighted by atomic mass is 35.5. The van der Waals surface area contributed by atoms with E-state index in [4.69, 9.17) is 16.7 Å². The lowest BCUT2D eigenvalue weighted by molar-refractivity contribution is 0.234. The van der Waals surface area contributed by atoms with Gasteiger partial charge < -0.3 is 15.7 Å². The van der Waals surface area contributed by atoms with Crippen molar-refractivity contribution < 1.29 is 9.90 Å². The molecular formula is C16H19ClN4O2. The van der Waals surface area contributed by atoms with Gasteiger partial charge in [-0.1, -0.05) is 11.6 Å². The van der Waals surface area contributed by atoms with Gasteiger partial charge in [-0.25, -0.2) is 9.48 Å². The van der Waals surface area contributed by atoms with Crippen molar-refractivity contribution in [3.05, 3.63) is 41.7 Å². The van der Waals surface area contributed by atoms with Crippen molar-refractivity contribution in [2.24, 2.45) is 5.92 Å².